The second-order valence-corrected chi connectivity index (χ2v) is 9.21. The van der Waals surface area contributed by atoms with Crippen molar-refractivity contribution in [2.45, 2.75) is 33.0 Å². The Balaban J connectivity index is 1.75. The number of benzene rings is 3. The number of aromatic nitrogens is 2. The molecule has 4 heterocycles. The number of fused-ring (bicyclic) bond motifs is 10. The average molecular weight is 422 g/mol. The second kappa shape index (κ2) is 5.99. The van der Waals surface area contributed by atoms with Crippen molar-refractivity contribution < 1.29 is 9.59 Å². The molecule has 0 saturated heterocycles. The first kappa shape index (κ1) is 18.0. The van der Waals surface area contributed by atoms with Gasteiger partial charge in [0, 0.05) is 52.7 Å². The van der Waals surface area contributed by atoms with Gasteiger partial charge in [0.05, 0.1) is 27.7 Å². The lowest BCUT2D eigenvalue weighted by atomic mass is 9.96. The van der Waals surface area contributed by atoms with Crippen LogP contribution < -0.4 is 5.32 Å². The summed E-state index contributed by atoms with van der Waals surface area (Å²) < 4.78 is 2.37. The Morgan fingerprint density at radius 1 is 0.844 bits per heavy atom. The Hall–Kier alpha value is -3.64. The van der Waals surface area contributed by atoms with Crippen LogP contribution in [0.3, 0.4) is 0 Å². The van der Waals surface area contributed by atoms with Crippen LogP contribution in [0.25, 0.3) is 43.6 Å². The molecule has 158 valence electrons. The Labute approximate surface area is 183 Å². The van der Waals surface area contributed by atoms with Crippen molar-refractivity contribution in [2.75, 3.05) is 6.54 Å². The van der Waals surface area contributed by atoms with E-state index in [1.807, 2.05) is 24.3 Å². The van der Waals surface area contributed by atoms with Crippen LogP contribution in [-0.2, 0) is 13.1 Å². The molecule has 6 heteroatoms. The van der Waals surface area contributed by atoms with Gasteiger partial charge in [-0.25, -0.2) is 0 Å². The van der Waals surface area contributed by atoms with Crippen molar-refractivity contribution in [3.8, 4) is 0 Å². The molecule has 0 fully saturated rings. The Bertz CT molecular complexity index is 1650. The van der Waals surface area contributed by atoms with Crippen LogP contribution in [0, 0.1) is 0 Å². The number of para-hydroxylation sites is 2. The van der Waals surface area contributed by atoms with E-state index in [-0.39, 0.29) is 11.8 Å². The fourth-order valence-corrected chi connectivity index (χ4v) is 5.83. The molecule has 32 heavy (non-hydrogen) atoms. The number of imide groups is 1. The number of carbonyl (C=O) groups is 2. The van der Waals surface area contributed by atoms with Gasteiger partial charge >= 0.3 is 0 Å². The minimum atomic E-state index is -0.309. The second-order valence-electron chi connectivity index (χ2n) is 9.21. The largest absolute Gasteiger partial charge is 0.353 e. The van der Waals surface area contributed by atoms with E-state index in [2.05, 4.69) is 51.8 Å². The zero-order valence-corrected chi connectivity index (χ0v) is 18.0. The molecule has 2 aliphatic rings. The van der Waals surface area contributed by atoms with Gasteiger partial charge < -0.3 is 9.55 Å². The molecule has 3 aromatic carbocycles. The first-order valence-electron chi connectivity index (χ1n) is 11.1. The van der Waals surface area contributed by atoms with Crippen LogP contribution in [0.4, 0.5) is 0 Å². The minimum Gasteiger partial charge on any atom is -0.353 e. The molecular weight excluding hydrogens is 400 g/mol. The molecule has 2 aliphatic heterocycles. The van der Waals surface area contributed by atoms with Crippen LogP contribution in [0.1, 0.15) is 40.1 Å². The number of amides is 2. The number of rotatable bonds is 1. The number of H-pyrrole nitrogens is 1. The van der Waals surface area contributed by atoms with Gasteiger partial charge in [-0.3, -0.25) is 19.8 Å². The number of nitrogens with zero attached hydrogens (tertiary/aromatic N) is 2. The third-order valence-corrected chi connectivity index (χ3v) is 7.25. The van der Waals surface area contributed by atoms with E-state index < -0.39 is 0 Å². The topological polar surface area (TPSA) is 70.1 Å². The smallest absolute Gasteiger partial charge is 0.259 e. The fourth-order valence-electron chi connectivity index (χ4n) is 5.83. The van der Waals surface area contributed by atoms with Crippen LogP contribution in [0.5, 0.6) is 0 Å². The van der Waals surface area contributed by atoms with Gasteiger partial charge in [-0.1, -0.05) is 36.4 Å². The van der Waals surface area contributed by atoms with E-state index in [9.17, 15) is 9.59 Å². The lowest BCUT2D eigenvalue weighted by molar-refractivity contribution is 0.0880. The van der Waals surface area contributed by atoms with E-state index in [0.29, 0.717) is 17.2 Å². The van der Waals surface area contributed by atoms with Gasteiger partial charge in [-0.15, -0.1) is 0 Å². The highest BCUT2D eigenvalue weighted by Crippen LogP contribution is 2.44. The number of hydrogen-bond donors (Lipinski definition) is 2. The molecule has 0 atom stereocenters. The minimum absolute atomic E-state index is 0.299. The van der Waals surface area contributed by atoms with E-state index in [1.54, 1.807) is 0 Å². The summed E-state index contributed by atoms with van der Waals surface area (Å²) >= 11 is 0. The van der Waals surface area contributed by atoms with E-state index in [1.165, 1.54) is 11.1 Å². The van der Waals surface area contributed by atoms with Crippen molar-refractivity contribution >= 4 is 55.4 Å². The lowest BCUT2D eigenvalue weighted by Gasteiger charge is -2.24. The molecule has 0 unspecified atom stereocenters. The molecule has 5 aromatic rings. The van der Waals surface area contributed by atoms with Gasteiger partial charge in [-0.2, -0.15) is 0 Å². The molecule has 7 rings (SSSR count). The predicted octanol–water partition coefficient (Wildman–Crippen LogP) is 4.54. The Kier molecular flexibility index (Phi) is 3.36. The monoisotopic (exact) mass is 422 g/mol. The van der Waals surface area contributed by atoms with Crippen molar-refractivity contribution in [3.63, 3.8) is 0 Å². The molecule has 0 radical (unpaired) electrons. The van der Waals surface area contributed by atoms with Crippen LogP contribution >= 0.6 is 0 Å². The van der Waals surface area contributed by atoms with E-state index in [4.69, 9.17) is 0 Å². The molecule has 2 aromatic heterocycles. The highest BCUT2D eigenvalue weighted by Gasteiger charge is 2.36. The third kappa shape index (κ3) is 2.08. The predicted molar refractivity (Wildman–Crippen MR) is 126 cm³/mol. The van der Waals surface area contributed by atoms with E-state index >= 15 is 0 Å². The average Bonchev–Trinajstić information content (AvgIpc) is 3.35. The fraction of sp³-hybridized carbons (Fsp3) is 0.231. The Morgan fingerprint density at radius 2 is 1.59 bits per heavy atom. The summed E-state index contributed by atoms with van der Waals surface area (Å²) in [7, 11) is 0. The molecule has 0 aliphatic carbocycles. The molecule has 2 N–H and O–H groups in total. The molecular formula is C26H22N4O2. The summed E-state index contributed by atoms with van der Waals surface area (Å²) in [6, 6.07) is 14.8. The highest BCUT2D eigenvalue weighted by molar-refractivity contribution is 6.39. The van der Waals surface area contributed by atoms with Gasteiger partial charge in [-0.05, 0) is 25.5 Å². The van der Waals surface area contributed by atoms with Gasteiger partial charge in [0.25, 0.3) is 11.8 Å². The summed E-state index contributed by atoms with van der Waals surface area (Å²) in [6.45, 7) is 7.09. The number of aromatic amines is 1. The maximum Gasteiger partial charge on any atom is 0.259 e. The summed E-state index contributed by atoms with van der Waals surface area (Å²) in [5, 5.41) is 6.32. The number of nitrogens with one attached hydrogen (secondary N) is 2. The normalized spacial score (nSPS) is 16.6. The van der Waals surface area contributed by atoms with Crippen LogP contribution in [0.15, 0.2) is 42.5 Å². The van der Waals surface area contributed by atoms with Gasteiger partial charge in [0.15, 0.2) is 0 Å². The number of carbonyl (C=O) groups excluding carboxylic acids is 2. The van der Waals surface area contributed by atoms with Crippen LogP contribution in [0.2, 0.25) is 0 Å². The zero-order chi connectivity index (χ0) is 21.7. The molecule has 2 amide bonds. The van der Waals surface area contributed by atoms with Crippen molar-refractivity contribution in [1.82, 2.24) is 19.8 Å². The molecule has 0 spiro atoms. The molecule has 0 saturated carbocycles. The summed E-state index contributed by atoms with van der Waals surface area (Å²) in [6.07, 6.45) is 0. The highest BCUT2D eigenvalue weighted by atomic mass is 16.2. The van der Waals surface area contributed by atoms with Gasteiger partial charge in [0.1, 0.15) is 0 Å². The molecule has 0 bridgehead atoms. The van der Waals surface area contributed by atoms with Crippen molar-refractivity contribution in [1.29, 1.82) is 0 Å². The summed E-state index contributed by atoms with van der Waals surface area (Å²) in [5.74, 6) is -0.607. The zero-order valence-electron chi connectivity index (χ0n) is 18.0. The van der Waals surface area contributed by atoms with Crippen LogP contribution in [-0.4, -0.2) is 38.9 Å². The van der Waals surface area contributed by atoms with Gasteiger partial charge in [0.2, 0.25) is 0 Å². The SMILES string of the molecule is CC(C)N1CCn2c3c(cccc3c3c4c(c5c6ccccc6[nH]c5c32)C(=O)NC4=O)C1. The Morgan fingerprint density at radius 3 is 2.41 bits per heavy atom. The lowest BCUT2D eigenvalue weighted by Crippen LogP contribution is -2.31. The first-order chi connectivity index (χ1) is 15.5. The van der Waals surface area contributed by atoms with Crippen molar-refractivity contribution in [2.24, 2.45) is 0 Å². The molecule has 6 nitrogen and oxygen atoms in total. The number of hydrogen-bond acceptors (Lipinski definition) is 3. The van der Waals surface area contributed by atoms with E-state index in [0.717, 1.165) is 57.7 Å². The van der Waals surface area contributed by atoms with Crippen molar-refractivity contribution in [3.05, 3.63) is 59.2 Å². The first-order valence-corrected chi connectivity index (χ1v) is 11.1. The maximum atomic E-state index is 13.1. The standard InChI is InChI=1S/C26H22N4O2/c1-13(2)29-10-11-30-23-14(12-29)6-5-8-16(23)19-21-20(25(31)28-26(21)32)18-15-7-3-4-9-17(15)27-22(18)24(19)30/h3-9,13,27H,10-12H2,1-2H3,(H,28,31,32). The maximum absolute atomic E-state index is 13.1. The quantitative estimate of drug-likeness (QED) is 0.390. The summed E-state index contributed by atoms with van der Waals surface area (Å²) in [4.78, 5) is 32.1. The third-order valence-electron chi connectivity index (χ3n) is 7.25. The summed E-state index contributed by atoms with van der Waals surface area (Å²) in [5.41, 5.74) is 6.38.